The number of carbonyl (C=O) groups excluding carboxylic acids is 1. The van der Waals surface area contributed by atoms with Crippen LogP contribution in [0.15, 0.2) is 24.9 Å². The van der Waals surface area contributed by atoms with Gasteiger partial charge < -0.3 is 15.2 Å². The smallest absolute Gasteiger partial charge is 0.315 e. The first kappa shape index (κ1) is 16.0. The van der Waals surface area contributed by atoms with Crippen molar-refractivity contribution in [3.63, 3.8) is 0 Å². The molecule has 1 fully saturated rings. The number of aromatic nitrogens is 3. The van der Waals surface area contributed by atoms with E-state index in [0.717, 1.165) is 29.1 Å². The molecule has 2 heterocycles. The average molecular weight is 333 g/mol. The lowest BCUT2D eigenvalue weighted by molar-refractivity contribution is 0.222. The van der Waals surface area contributed by atoms with Crippen LogP contribution in [0.4, 0.5) is 4.79 Å². The number of rotatable bonds is 4. The SMILES string of the molecule is Cc1cnc(C(C)(C)NC(=O)N[C@@H]2CCC[C@@H]2n2ccnc2)s1. The Labute approximate surface area is 140 Å². The zero-order valence-electron chi connectivity index (χ0n) is 13.7. The first-order valence-corrected chi connectivity index (χ1v) is 8.76. The lowest BCUT2D eigenvalue weighted by Crippen LogP contribution is -2.50. The number of nitrogens with one attached hydrogen (secondary N) is 2. The fraction of sp³-hybridized carbons (Fsp3) is 0.562. The zero-order valence-corrected chi connectivity index (χ0v) is 14.6. The Kier molecular flexibility index (Phi) is 4.39. The summed E-state index contributed by atoms with van der Waals surface area (Å²) in [6.45, 7) is 5.98. The second-order valence-electron chi connectivity index (χ2n) is 6.61. The summed E-state index contributed by atoms with van der Waals surface area (Å²) in [6, 6.07) is 0.284. The molecule has 124 valence electrons. The van der Waals surface area contributed by atoms with Crippen molar-refractivity contribution in [1.29, 1.82) is 0 Å². The number of hydrogen-bond donors (Lipinski definition) is 2. The Bertz CT molecular complexity index is 664. The van der Waals surface area contributed by atoms with Crippen molar-refractivity contribution in [2.75, 3.05) is 0 Å². The van der Waals surface area contributed by atoms with Gasteiger partial charge in [0.25, 0.3) is 0 Å². The lowest BCUT2D eigenvalue weighted by Gasteiger charge is -2.27. The Morgan fingerprint density at radius 1 is 1.43 bits per heavy atom. The molecule has 0 aromatic carbocycles. The van der Waals surface area contributed by atoms with Gasteiger partial charge >= 0.3 is 6.03 Å². The van der Waals surface area contributed by atoms with Crippen LogP contribution in [0, 0.1) is 6.92 Å². The lowest BCUT2D eigenvalue weighted by atomic mass is 10.1. The van der Waals surface area contributed by atoms with Gasteiger partial charge in [-0.15, -0.1) is 11.3 Å². The van der Waals surface area contributed by atoms with Gasteiger partial charge in [-0.2, -0.15) is 0 Å². The molecule has 6 nitrogen and oxygen atoms in total. The van der Waals surface area contributed by atoms with Crippen molar-refractivity contribution in [3.05, 3.63) is 34.8 Å². The van der Waals surface area contributed by atoms with Gasteiger partial charge in [0.2, 0.25) is 0 Å². The van der Waals surface area contributed by atoms with Crippen molar-refractivity contribution in [2.24, 2.45) is 0 Å². The highest BCUT2D eigenvalue weighted by Gasteiger charge is 2.32. The quantitative estimate of drug-likeness (QED) is 0.903. The molecule has 1 saturated carbocycles. The molecule has 0 spiro atoms. The van der Waals surface area contributed by atoms with E-state index in [9.17, 15) is 4.79 Å². The van der Waals surface area contributed by atoms with Gasteiger partial charge in [0.1, 0.15) is 5.01 Å². The topological polar surface area (TPSA) is 71.8 Å². The van der Waals surface area contributed by atoms with Gasteiger partial charge in [-0.3, -0.25) is 0 Å². The van der Waals surface area contributed by atoms with E-state index in [-0.39, 0.29) is 18.1 Å². The monoisotopic (exact) mass is 333 g/mol. The van der Waals surface area contributed by atoms with Crippen molar-refractivity contribution >= 4 is 17.4 Å². The summed E-state index contributed by atoms with van der Waals surface area (Å²) in [4.78, 5) is 22.1. The second kappa shape index (κ2) is 6.31. The maximum atomic E-state index is 12.4. The second-order valence-corrected chi connectivity index (χ2v) is 7.85. The van der Waals surface area contributed by atoms with Gasteiger partial charge in [-0.1, -0.05) is 0 Å². The molecule has 1 aliphatic rings. The molecular formula is C16H23N5OS. The van der Waals surface area contributed by atoms with Crippen molar-refractivity contribution < 1.29 is 4.79 Å². The maximum Gasteiger partial charge on any atom is 0.315 e. The van der Waals surface area contributed by atoms with Crippen LogP contribution in [0.2, 0.25) is 0 Å². The van der Waals surface area contributed by atoms with E-state index >= 15 is 0 Å². The standard InChI is InChI=1S/C16H23N5OS/c1-11-9-18-14(23-11)16(2,3)20-15(22)19-12-5-4-6-13(12)21-8-7-17-10-21/h7-10,12-13H,4-6H2,1-3H3,(H2,19,20,22)/t12-,13+/m1/s1. The number of aryl methyl sites for hydroxylation is 1. The largest absolute Gasteiger partial charge is 0.333 e. The van der Waals surface area contributed by atoms with Crippen LogP contribution in [0.3, 0.4) is 0 Å². The predicted molar refractivity (Wildman–Crippen MR) is 90.4 cm³/mol. The molecule has 2 atom stereocenters. The van der Waals surface area contributed by atoms with Gasteiger partial charge in [0.15, 0.2) is 0 Å². The number of hydrogen-bond acceptors (Lipinski definition) is 4. The molecule has 1 aliphatic carbocycles. The third-order valence-corrected chi connectivity index (χ3v) is 5.52. The highest BCUT2D eigenvalue weighted by molar-refractivity contribution is 7.11. The highest BCUT2D eigenvalue weighted by atomic mass is 32.1. The van der Waals surface area contributed by atoms with Crippen LogP contribution in [0.1, 0.15) is 49.0 Å². The Morgan fingerprint density at radius 3 is 2.91 bits per heavy atom. The molecular weight excluding hydrogens is 310 g/mol. The number of urea groups is 1. The van der Waals surface area contributed by atoms with E-state index in [1.165, 1.54) is 0 Å². The van der Waals surface area contributed by atoms with Crippen LogP contribution in [0.25, 0.3) is 0 Å². The summed E-state index contributed by atoms with van der Waals surface area (Å²) in [5.74, 6) is 0. The molecule has 0 aliphatic heterocycles. The first-order valence-electron chi connectivity index (χ1n) is 7.95. The molecule has 23 heavy (non-hydrogen) atoms. The number of nitrogens with zero attached hydrogens (tertiary/aromatic N) is 3. The fourth-order valence-electron chi connectivity index (χ4n) is 3.12. The molecule has 2 aromatic heterocycles. The van der Waals surface area contributed by atoms with Gasteiger partial charge in [0, 0.05) is 23.5 Å². The minimum atomic E-state index is -0.480. The van der Waals surface area contributed by atoms with Crippen LogP contribution < -0.4 is 10.6 Å². The van der Waals surface area contributed by atoms with E-state index in [1.54, 1.807) is 17.5 Å². The first-order chi connectivity index (χ1) is 11.0. The maximum absolute atomic E-state index is 12.4. The van der Waals surface area contributed by atoms with Gasteiger partial charge in [-0.05, 0) is 40.0 Å². The third-order valence-electron chi connectivity index (χ3n) is 4.29. The Hall–Kier alpha value is -1.89. The van der Waals surface area contributed by atoms with E-state index in [1.807, 2.05) is 39.5 Å². The van der Waals surface area contributed by atoms with Crippen molar-refractivity contribution in [1.82, 2.24) is 25.2 Å². The minimum Gasteiger partial charge on any atom is -0.333 e. The summed E-state index contributed by atoms with van der Waals surface area (Å²) in [6.07, 6.45) is 10.6. The number of carbonyl (C=O) groups is 1. The molecule has 2 N–H and O–H groups in total. The van der Waals surface area contributed by atoms with Gasteiger partial charge in [0.05, 0.1) is 23.9 Å². The minimum absolute atomic E-state index is 0.137. The number of amides is 2. The molecule has 0 radical (unpaired) electrons. The fourth-order valence-corrected chi connectivity index (χ4v) is 3.94. The van der Waals surface area contributed by atoms with Crippen LogP contribution in [-0.4, -0.2) is 26.6 Å². The average Bonchev–Trinajstić information content (AvgIpc) is 3.17. The summed E-state index contributed by atoms with van der Waals surface area (Å²) in [7, 11) is 0. The van der Waals surface area contributed by atoms with E-state index in [4.69, 9.17) is 0 Å². The zero-order chi connectivity index (χ0) is 16.4. The molecule has 2 aromatic rings. The van der Waals surface area contributed by atoms with E-state index < -0.39 is 5.54 Å². The summed E-state index contributed by atoms with van der Waals surface area (Å²) in [5.41, 5.74) is -0.480. The van der Waals surface area contributed by atoms with Crippen LogP contribution >= 0.6 is 11.3 Å². The van der Waals surface area contributed by atoms with Gasteiger partial charge in [-0.25, -0.2) is 14.8 Å². The molecule has 0 saturated heterocycles. The normalized spacial score (nSPS) is 21.3. The molecule has 0 unspecified atom stereocenters. The molecule has 0 bridgehead atoms. The molecule has 7 heteroatoms. The third kappa shape index (κ3) is 3.55. The van der Waals surface area contributed by atoms with Crippen molar-refractivity contribution in [3.8, 4) is 0 Å². The number of thiazole rings is 1. The van der Waals surface area contributed by atoms with Crippen LogP contribution in [-0.2, 0) is 5.54 Å². The summed E-state index contributed by atoms with van der Waals surface area (Å²) >= 11 is 1.61. The van der Waals surface area contributed by atoms with Crippen LogP contribution in [0.5, 0.6) is 0 Å². The van der Waals surface area contributed by atoms with Crippen molar-refractivity contribution in [2.45, 2.75) is 57.7 Å². The van der Waals surface area contributed by atoms with E-state index in [2.05, 4.69) is 25.2 Å². The Balaban J connectivity index is 1.62. The summed E-state index contributed by atoms with van der Waals surface area (Å²) < 4.78 is 2.09. The molecule has 2 amide bonds. The molecule has 3 rings (SSSR count). The van der Waals surface area contributed by atoms with E-state index in [0.29, 0.717) is 0 Å². The number of imidazole rings is 1. The summed E-state index contributed by atoms with van der Waals surface area (Å²) in [5, 5.41) is 7.10. The highest BCUT2D eigenvalue weighted by Crippen LogP contribution is 2.30. The predicted octanol–water partition coefficient (Wildman–Crippen LogP) is 2.98. The Morgan fingerprint density at radius 2 is 2.26 bits per heavy atom.